The fourth-order valence-electron chi connectivity index (χ4n) is 1.24. The van der Waals surface area contributed by atoms with Crippen molar-refractivity contribution in [3.63, 3.8) is 0 Å². The van der Waals surface area contributed by atoms with Crippen molar-refractivity contribution in [3.8, 4) is 5.75 Å². The summed E-state index contributed by atoms with van der Waals surface area (Å²) in [5, 5.41) is 8.88. The smallest absolute Gasteiger partial charge is 0.341 e. The molecule has 16 heavy (non-hydrogen) atoms. The van der Waals surface area contributed by atoms with Gasteiger partial charge in [-0.1, -0.05) is 0 Å². The molecule has 3 N–H and O–H groups in total. The Balaban J connectivity index is 3.43. The van der Waals surface area contributed by atoms with E-state index in [1.807, 2.05) is 0 Å². The summed E-state index contributed by atoms with van der Waals surface area (Å²) in [7, 11) is 1.19. The number of hydrogen-bond acceptors (Lipinski definition) is 4. The van der Waals surface area contributed by atoms with Crippen LogP contribution in [0.5, 0.6) is 5.75 Å². The number of aromatic carboxylic acids is 1. The van der Waals surface area contributed by atoms with Crippen molar-refractivity contribution >= 4 is 5.97 Å². The summed E-state index contributed by atoms with van der Waals surface area (Å²) in [4.78, 5) is 14.4. The number of carboxylic acids is 1. The van der Waals surface area contributed by atoms with Crippen molar-refractivity contribution in [2.75, 3.05) is 7.11 Å². The summed E-state index contributed by atoms with van der Waals surface area (Å²) in [5.74, 6) is -1.48. The number of methoxy groups -OCH3 is 1. The molecule has 1 rings (SSSR count). The predicted octanol–water partition coefficient (Wildman–Crippen LogP) is 1.18. The van der Waals surface area contributed by atoms with Crippen LogP contribution in [0.3, 0.4) is 0 Å². The van der Waals surface area contributed by atoms with E-state index in [-0.39, 0.29) is 23.6 Å². The molecule has 0 aromatic carbocycles. The topological polar surface area (TPSA) is 85.4 Å². The minimum atomic E-state index is -2.80. The average Bonchev–Trinajstić information content (AvgIpc) is 2.26. The van der Waals surface area contributed by atoms with Crippen molar-refractivity contribution in [1.29, 1.82) is 0 Å². The van der Waals surface area contributed by atoms with E-state index in [4.69, 9.17) is 15.6 Å². The van der Waals surface area contributed by atoms with Crippen molar-refractivity contribution in [1.82, 2.24) is 4.98 Å². The molecule has 0 unspecified atom stereocenters. The maximum atomic E-state index is 12.4. The zero-order chi connectivity index (χ0) is 12.3. The number of nitrogens with two attached hydrogens (primary N) is 1. The van der Waals surface area contributed by atoms with Gasteiger partial charge in [0.2, 0.25) is 0 Å². The highest BCUT2D eigenvalue weighted by Crippen LogP contribution is 2.27. The second-order valence-electron chi connectivity index (χ2n) is 2.88. The number of ether oxygens (including phenoxy) is 1. The van der Waals surface area contributed by atoms with E-state index >= 15 is 0 Å². The van der Waals surface area contributed by atoms with Gasteiger partial charge in [-0.2, -0.15) is 0 Å². The number of alkyl halides is 2. The lowest BCUT2D eigenvalue weighted by Crippen LogP contribution is -2.13. The molecule has 0 spiro atoms. The zero-order valence-corrected chi connectivity index (χ0v) is 8.41. The SMILES string of the molecule is COc1cc(C(F)F)nc(CN)c1C(=O)O. The molecule has 0 fully saturated rings. The number of carboxylic acid groups (broad SMARTS) is 1. The Morgan fingerprint density at radius 3 is 2.69 bits per heavy atom. The standard InChI is InChI=1S/C9H10F2N2O3/c1-16-6-2-4(8(10)11)13-5(3-12)7(6)9(14)15/h2,8H,3,12H2,1H3,(H,14,15). The third-order valence-electron chi connectivity index (χ3n) is 1.93. The predicted molar refractivity (Wildman–Crippen MR) is 50.6 cm³/mol. The normalized spacial score (nSPS) is 10.6. The van der Waals surface area contributed by atoms with Gasteiger partial charge < -0.3 is 15.6 Å². The largest absolute Gasteiger partial charge is 0.496 e. The van der Waals surface area contributed by atoms with Gasteiger partial charge in [-0.15, -0.1) is 0 Å². The van der Waals surface area contributed by atoms with Crippen molar-refractivity contribution in [3.05, 3.63) is 23.0 Å². The van der Waals surface area contributed by atoms with Gasteiger partial charge >= 0.3 is 5.97 Å². The van der Waals surface area contributed by atoms with Crippen molar-refractivity contribution < 1.29 is 23.4 Å². The van der Waals surface area contributed by atoms with Gasteiger partial charge in [0.05, 0.1) is 12.8 Å². The van der Waals surface area contributed by atoms with Gasteiger partial charge in [0.15, 0.2) is 0 Å². The molecular weight excluding hydrogens is 222 g/mol. The van der Waals surface area contributed by atoms with Crippen LogP contribution in [0.1, 0.15) is 28.2 Å². The van der Waals surface area contributed by atoms with Crippen LogP contribution in [0.25, 0.3) is 0 Å². The summed E-state index contributed by atoms with van der Waals surface area (Å²) in [5.41, 5.74) is 4.30. The van der Waals surface area contributed by atoms with Gasteiger partial charge in [-0.05, 0) is 0 Å². The molecule has 5 nitrogen and oxygen atoms in total. The number of nitrogens with zero attached hydrogens (tertiary/aromatic N) is 1. The maximum absolute atomic E-state index is 12.4. The van der Waals surface area contributed by atoms with Gasteiger partial charge in [-0.25, -0.2) is 18.6 Å². The van der Waals surface area contributed by atoms with E-state index in [0.717, 1.165) is 6.07 Å². The lowest BCUT2D eigenvalue weighted by atomic mass is 10.1. The molecule has 0 amide bonds. The molecule has 0 saturated heterocycles. The molecule has 0 aliphatic rings. The minimum absolute atomic E-state index is 0.123. The fraction of sp³-hybridized carbons (Fsp3) is 0.333. The van der Waals surface area contributed by atoms with E-state index in [1.54, 1.807) is 0 Å². The quantitative estimate of drug-likeness (QED) is 0.814. The number of halogens is 2. The van der Waals surface area contributed by atoms with Crippen LogP contribution in [0.15, 0.2) is 6.07 Å². The number of pyridine rings is 1. The summed E-state index contributed by atoms with van der Waals surface area (Å²) < 4.78 is 29.6. The third kappa shape index (κ3) is 2.25. The average molecular weight is 232 g/mol. The van der Waals surface area contributed by atoms with Crippen molar-refractivity contribution in [2.45, 2.75) is 13.0 Å². The highest BCUT2D eigenvalue weighted by molar-refractivity contribution is 5.92. The molecule has 7 heteroatoms. The molecule has 0 aliphatic carbocycles. The molecule has 0 saturated carbocycles. The van der Waals surface area contributed by atoms with Crippen LogP contribution in [0.2, 0.25) is 0 Å². The van der Waals surface area contributed by atoms with E-state index < -0.39 is 18.1 Å². The van der Waals surface area contributed by atoms with E-state index in [2.05, 4.69) is 4.98 Å². The first-order valence-corrected chi connectivity index (χ1v) is 4.30. The van der Waals surface area contributed by atoms with Gasteiger partial charge in [0.1, 0.15) is 17.0 Å². The highest BCUT2D eigenvalue weighted by Gasteiger charge is 2.21. The molecule has 0 aliphatic heterocycles. The Morgan fingerprint density at radius 1 is 1.69 bits per heavy atom. The first kappa shape index (κ1) is 12.3. The second-order valence-corrected chi connectivity index (χ2v) is 2.88. The van der Waals surface area contributed by atoms with Crippen LogP contribution in [-0.2, 0) is 6.54 Å². The minimum Gasteiger partial charge on any atom is -0.496 e. The van der Waals surface area contributed by atoms with Gasteiger partial charge in [0, 0.05) is 12.6 Å². The van der Waals surface area contributed by atoms with E-state index in [1.165, 1.54) is 7.11 Å². The van der Waals surface area contributed by atoms with E-state index in [9.17, 15) is 13.6 Å². The molecule has 1 aromatic rings. The van der Waals surface area contributed by atoms with E-state index in [0.29, 0.717) is 0 Å². The number of aromatic nitrogens is 1. The lowest BCUT2D eigenvalue weighted by Gasteiger charge is -2.11. The first-order chi connectivity index (χ1) is 7.51. The molecule has 0 atom stereocenters. The molecule has 1 heterocycles. The number of rotatable bonds is 4. The lowest BCUT2D eigenvalue weighted by molar-refractivity contribution is 0.0690. The van der Waals surface area contributed by atoms with Crippen LogP contribution < -0.4 is 10.5 Å². The monoisotopic (exact) mass is 232 g/mol. The molecule has 0 bridgehead atoms. The Bertz CT molecular complexity index is 385. The molecule has 0 radical (unpaired) electrons. The number of carbonyl (C=O) groups is 1. The van der Waals surface area contributed by atoms with Crippen LogP contribution in [0.4, 0.5) is 8.78 Å². The third-order valence-corrected chi connectivity index (χ3v) is 1.93. The number of hydrogen-bond donors (Lipinski definition) is 2. The first-order valence-electron chi connectivity index (χ1n) is 4.30. The molecular formula is C9H10F2N2O3. The summed E-state index contributed by atoms with van der Waals surface area (Å²) in [6, 6.07) is 0.896. The summed E-state index contributed by atoms with van der Waals surface area (Å²) in [6.45, 7) is -0.251. The van der Waals surface area contributed by atoms with Gasteiger partial charge in [-0.3, -0.25) is 0 Å². The van der Waals surface area contributed by atoms with Crippen LogP contribution >= 0.6 is 0 Å². The Hall–Kier alpha value is -1.76. The summed E-state index contributed by atoms with van der Waals surface area (Å²) in [6.07, 6.45) is -2.80. The van der Waals surface area contributed by atoms with Crippen LogP contribution in [0, 0.1) is 0 Å². The Morgan fingerprint density at radius 2 is 2.31 bits per heavy atom. The maximum Gasteiger partial charge on any atom is 0.341 e. The zero-order valence-electron chi connectivity index (χ0n) is 8.41. The molecule has 88 valence electrons. The van der Waals surface area contributed by atoms with Crippen LogP contribution in [-0.4, -0.2) is 23.2 Å². The molecule has 1 aromatic heterocycles. The van der Waals surface area contributed by atoms with Gasteiger partial charge in [0.25, 0.3) is 6.43 Å². The van der Waals surface area contributed by atoms with Crippen molar-refractivity contribution in [2.24, 2.45) is 5.73 Å². The fourth-order valence-corrected chi connectivity index (χ4v) is 1.24. The Kier molecular flexibility index (Phi) is 3.73. The Labute approximate surface area is 89.9 Å². The summed E-state index contributed by atoms with van der Waals surface area (Å²) >= 11 is 0. The highest BCUT2D eigenvalue weighted by atomic mass is 19.3. The second kappa shape index (κ2) is 4.84.